The maximum atomic E-state index is 11.4. The molecule has 0 spiro atoms. The summed E-state index contributed by atoms with van der Waals surface area (Å²) in [6.07, 6.45) is 4.81. The summed E-state index contributed by atoms with van der Waals surface area (Å²) in [6.45, 7) is 1.08. The number of carbonyl (C=O) groups is 3. The Kier molecular flexibility index (Phi) is 15.4. The summed E-state index contributed by atoms with van der Waals surface area (Å²) >= 11 is 0. The standard InChI is InChI=1S/C20H25NO4.C2H7N/c1-21(19(16-24)11-7-12-22)14-20-17(8-4-3-5-13-25-2)9-6-10-18(20)15-23;1-3-2/h6,9-10,12,15-16,19H,3,5,7,11,13-14H2,1-2H3;3H,1-2H3. The van der Waals surface area contributed by atoms with Gasteiger partial charge in [0.05, 0.1) is 6.04 Å². The van der Waals surface area contributed by atoms with Crippen LogP contribution >= 0.6 is 0 Å². The van der Waals surface area contributed by atoms with Crippen LogP contribution in [0.4, 0.5) is 0 Å². The fourth-order valence-corrected chi connectivity index (χ4v) is 2.47. The van der Waals surface area contributed by atoms with Crippen LogP contribution in [0.15, 0.2) is 18.2 Å². The van der Waals surface area contributed by atoms with Crippen molar-refractivity contribution in [1.29, 1.82) is 0 Å². The van der Waals surface area contributed by atoms with E-state index in [1.54, 1.807) is 26.3 Å². The molecule has 0 heterocycles. The molecule has 0 aliphatic heterocycles. The van der Waals surface area contributed by atoms with Gasteiger partial charge in [-0.1, -0.05) is 24.0 Å². The lowest BCUT2D eigenvalue weighted by atomic mass is 10.00. The van der Waals surface area contributed by atoms with Crippen LogP contribution < -0.4 is 5.32 Å². The number of carbonyl (C=O) groups excluding carboxylic acids is 3. The first-order valence-electron chi connectivity index (χ1n) is 9.32. The van der Waals surface area contributed by atoms with Crippen molar-refractivity contribution >= 4 is 18.9 Å². The van der Waals surface area contributed by atoms with E-state index < -0.39 is 0 Å². The zero-order valence-corrected chi connectivity index (χ0v) is 17.4. The fourth-order valence-electron chi connectivity index (χ4n) is 2.47. The fraction of sp³-hybridized carbons (Fsp3) is 0.500. The lowest BCUT2D eigenvalue weighted by Gasteiger charge is -2.24. The number of unbranched alkanes of at least 4 members (excludes halogenated alkanes) is 1. The van der Waals surface area contributed by atoms with E-state index in [0.717, 1.165) is 36.4 Å². The molecule has 1 N–H and O–H groups in total. The number of likely N-dealkylation sites (N-methyl/N-ethyl adjacent to an activating group) is 1. The molecule has 1 atom stereocenters. The van der Waals surface area contributed by atoms with Crippen molar-refractivity contribution in [2.75, 3.05) is 34.9 Å². The van der Waals surface area contributed by atoms with Crippen molar-refractivity contribution in [2.24, 2.45) is 0 Å². The number of benzene rings is 1. The van der Waals surface area contributed by atoms with Crippen molar-refractivity contribution in [3.05, 3.63) is 34.9 Å². The molecule has 0 radical (unpaired) electrons. The summed E-state index contributed by atoms with van der Waals surface area (Å²) in [4.78, 5) is 35.1. The molecular formula is C22H32N2O4. The third-order valence-electron chi connectivity index (χ3n) is 3.92. The van der Waals surface area contributed by atoms with E-state index >= 15 is 0 Å². The van der Waals surface area contributed by atoms with Gasteiger partial charge in [0.2, 0.25) is 0 Å². The van der Waals surface area contributed by atoms with Gasteiger partial charge < -0.3 is 19.6 Å². The van der Waals surface area contributed by atoms with E-state index in [0.29, 0.717) is 38.0 Å². The molecule has 1 aromatic carbocycles. The highest BCUT2D eigenvalue weighted by molar-refractivity contribution is 5.78. The Morgan fingerprint density at radius 3 is 2.54 bits per heavy atom. The predicted molar refractivity (Wildman–Crippen MR) is 111 cm³/mol. The second-order valence-electron chi connectivity index (χ2n) is 6.25. The Morgan fingerprint density at radius 2 is 1.96 bits per heavy atom. The van der Waals surface area contributed by atoms with Gasteiger partial charge in [-0.15, -0.1) is 0 Å². The Balaban J connectivity index is 0.00000227. The van der Waals surface area contributed by atoms with Crippen LogP contribution in [0.25, 0.3) is 0 Å². The summed E-state index contributed by atoms with van der Waals surface area (Å²) in [5.41, 5.74) is 2.15. The van der Waals surface area contributed by atoms with Crippen LogP contribution in [0.2, 0.25) is 0 Å². The predicted octanol–water partition coefficient (Wildman–Crippen LogP) is 2.09. The molecule has 6 heteroatoms. The van der Waals surface area contributed by atoms with Gasteiger partial charge in [0.15, 0.2) is 0 Å². The average Bonchev–Trinajstić information content (AvgIpc) is 2.70. The number of hydrogen-bond acceptors (Lipinski definition) is 6. The molecule has 1 unspecified atom stereocenters. The zero-order chi connectivity index (χ0) is 21.2. The van der Waals surface area contributed by atoms with Crippen LogP contribution in [0.3, 0.4) is 0 Å². The summed E-state index contributed by atoms with van der Waals surface area (Å²) in [7, 11) is 7.21. The molecule has 6 nitrogen and oxygen atoms in total. The van der Waals surface area contributed by atoms with Gasteiger partial charge in [-0.2, -0.15) is 0 Å². The molecule has 0 saturated heterocycles. The Bertz CT molecular complexity index is 650. The minimum atomic E-state index is -0.368. The van der Waals surface area contributed by atoms with Crippen LogP contribution in [0.1, 0.15) is 47.2 Å². The van der Waals surface area contributed by atoms with E-state index in [2.05, 4.69) is 17.2 Å². The van der Waals surface area contributed by atoms with Crippen LogP contribution in [0.5, 0.6) is 0 Å². The zero-order valence-electron chi connectivity index (χ0n) is 17.4. The highest BCUT2D eigenvalue weighted by Crippen LogP contribution is 2.17. The largest absolute Gasteiger partial charge is 0.385 e. The molecular weight excluding hydrogens is 356 g/mol. The van der Waals surface area contributed by atoms with Gasteiger partial charge >= 0.3 is 0 Å². The monoisotopic (exact) mass is 388 g/mol. The van der Waals surface area contributed by atoms with E-state index in [1.807, 2.05) is 25.1 Å². The van der Waals surface area contributed by atoms with E-state index in [-0.39, 0.29) is 6.04 Å². The molecule has 0 fully saturated rings. The minimum Gasteiger partial charge on any atom is -0.385 e. The van der Waals surface area contributed by atoms with Crippen molar-refractivity contribution in [3.8, 4) is 11.8 Å². The summed E-state index contributed by atoms with van der Waals surface area (Å²) in [5.74, 6) is 6.22. The third-order valence-corrected chi connectivity index (χ3v) is 3.92. The molecule has 0 bridgehead atoms. The second-order valence-corrected chi connectivity index (χ2v) is 6.25. The quantitative estimate of drug-likeness (QED) is 0.355. The maximum absolute atomic E-state index is 11.4. The number of ether oxygens (including phenoxy) is 1. The highest BCUT2D eigenvalue weighted by atomic mass is 16.5. The Hall–Kier alpha value is -2.33. The molecule has 1 rings (SSSR count). The van der Waals surface area contributed by atoms with Gasteiger partial charge in [0.25, 0.3) is 0 Å². The molecule has 0 amide bonds. The second kappa shape index (κ2) is 16.8. The smallest absolute Gasteiger partial charge is 0.150 e. The molecule has 0 aliphatic carbocycles. The van der Waals surface area contributed by atoms with Gasteiger partial charge in [-0.3, -0.25) is 9.69 Å². The molecule has 28 heavy (non-hydrogen) atoms. The topological polar surface area (TPSA) is 75.7 Å². The SMILES string of the molecule is CNC.COCCCC#Cc1cccc(C=O)c1CN(C)C(C=O)CCC=O. The number of aldehydes is 3. The number of nitrogens with zero attached hydrogens (tertiary/aromatic N) is 1. The maximum Gasteiger partial charge on any atom is 0.150 e. The number of methoxy groups -OCH3 is 1. The molecule has 1 aromatic rings. The first-order valence-corrected chi connectivity index (χ1v) is 9.32. The average molecular weight is 389 g/mol. The van der Waals surface area contributed by atoms with Gasteiger partial charge in [-0.25, -0.2) is 0 Å². The molecule has 0 aromatic heterocycles. The summed E-state index contributed by atoms with van der Waals surface area (Å²) in [5, 5.41) is 2.75. The molecule has 0 aliphatic rings. The van der Waals surface area contributed by atoms with Crippen LogP contribution in [0, 0.1) is 11.8 Å². The highest BCUT2D eigenvalue weighted by Gasteiger charge is 2.16. The Labute approximate surface area is 168 Å². The van der Waals surface area contributed by atoms with Gasteiger partial charge in [0, 0.05) is 44.2 Å². The van der Waals surface area contributed by atoms with E-state index in [9.17, 15) is 14.4 Å². The lowest BCUT2D eigenvalue weighted by Crippen LogP contribution is -2.33. The summed E-state index contributed by atoms with van der Waals surface area (Å²) < 4.78 is 5.00. The van der Waals surface area contributed by atoms with Crippen LogP contribution in [-0.2, 0) is 20.9 Å². The van der Waals surface area contributed by atoms with E-state index in [4.69, 9.17) is 4.74 Å². The number of rotatable bonds is 11. The lowest BCUT2D eigenvalue weighted by molar-refractivity contribution is -0.113. The first-order chi connectivity index (χ1) is 13.6. The van der Waals surface area contributed by atoms with Crippen LogP contribution in [-0.4, -0.2) is 64.7 Å². The van der Waals surface area contributed by atoms with Crippen molar-refractivity contribution in [2.45, 2.75) is 38.3 Å². The first kappa shape index (κ1) is 25.7. The van der Waals surface area contributed by atoms with E-state index in [1.165, 1.54) is 0 Å². The van der Waals surface area contributed by atoms with Crippen molar-refractivity contribution in [1.82, 2.24) is 10.2 Å². The van der Waals surface area contributed by atoms with Gasteiger partial charge in [-0.05, 0) is 45.6 Å². The minimum absolute atomic E-state index is 0.329. The normalized spacial score (nSPS) is 10.9. The molecule has 0 saturated carbocycles. The molecule has 154 valence electrons. The third kappa shape index (κ3) is 10.1. The van der Waals surface area contributed by atoms with Crippen molar-refractivity contribution < 1.29 is 19.1 Å². The summed E-state index contributed by atoms with van der Waals surface area (Å²) in [6, 6.07) is 5.05. The van der Waals surface area contributed by atoms with Gasteiger partial charge in [0.1, 0.15) is 18.9 Å². The Morgan fingerprint density at radius 1 is 1.25 bits per heavy atom. The van der Waals surface area contributed by atoms with Crippen molar-refractivity contribution in [3.63, 3.8) is 0 Å². The number of nitrogens with one attached hydrogen (secondary N) is 1. The number of hydrogen-bond donors (Lipinski definition) is 1.